The maximum absolute atomic E-state index is 12.5. The minimum atomic E-state index is -0.129. The summed E-state index contributed by atoms with van der Waals surface area (Å²) in [5.41, 5.74) is 4.94. The van der Waals surface area contributed by atoms with Crippen molar-refractivity contribution in [3.05, 3.63) is 54.4 Å². The van der Waals surface area contributed by atoms with Crippen LogP contribution < -0.4 is 10.6 Å². The van der Waals surface area contributed by atoms with Gasteiger partial charge in [0.2, 0.25) is 5.91 Å². The van der Waals surface area contributed by atoms with E-state index in [1.54, 1.807) is 4.52 Å². The fourth-order valence-electron chi connectivity index (χ4n) is 3.91. The van der Waals surface area contributed by atoms with Crippen LogP contribution in [0.15, 0.2) is 42.9 Å². The number of H-pyrrole nitrogens is 1. The SMILES string of the molecule is Cc1cccc(-c2[nH]c(CNC(=O)[C@H]3CCCCN3)nc2-c2ccc3ncnn3c2)n1. The molecule has 5 heterocycles. The molecule has 1 aliphatic rings. The van der Waals surface area contributed by atoms with Crippen molar-refractivity contribution in [2.24, 2.45) is 0 Å². The smallest absolute Gasteiger partial charge is 0.237 e. The number of amides is 1. The highest BCUT2D eigenvalue weighted by Crippen LogP contribution is 2.29. The second-order valence-electron chi connectivity index (χ2n) is 7.77. The minimum absolute atomic E-state index is 0.0110. The summed E-state index contributed by atoms with van der Waals surface area (Å²) in [4.78, 5) is 29.6. The number of aryl methyl sites for hydroxylation is 1. The second kappa shape index (κ2) is 8.27. The van der Waals surface area contributed by atoms with Crippen molar-refractivity contribution in [1.82, 2.24) is 40.2 Å². The van der Waals surface area contributed by atoms with Crippen molar-refractivity contribution >= 4 is 11.6 Å². The quantitative estimate of drug-likeness (QED) is 0.460. The van der Waals surface area contributed by atoms with Gasteiger partial charge in [0.05, 0.1) is 29.7 Å². The fourth-order valence-corrected chi connectivity index (χ4v) is 3.91. The van der Waals surface area contributed by atoms with Crippen LogP contribution >= 0.6 is 0 Å². The molecule has 0 saturated carbocycles. The average Bonchev–Trinajstić information content (AvgIpc) is 3.44. The van der Waals surface area contributed by atoms with E-state index in [0.29, 0.717) is 12.4 Å². The van der Waals surface area contributed by atoms with Crippen LogP contribution in [0.3, 0.4) is 0 Å². The molecule has 0 unspecified atom stereocenters. The Bertz CT molecular complexity index is 1220. The number of nitrogens with zero attached hydrogens (tertiary/aromatic N) is 5. The summed E-state index contributed by atoms with van der Waals surface area (Å²) in [6, 6.07) is 9.62. The molecule has 9 heteroatoms. The van der Waals surface area contributed by atoms with Crippen molar-refractivity contribution in [2.75, 3.05) is 6.54 Å². The summed E-state index contributed by atoms with van der Waals surface area (Å²) in [5.74, 6) is 0.688. The number of hydrogen-bond acceptors (Lipinski definition) is 6. The van der Waals surface area contributed by atoms with Crippen LogP contribution in [-0.4, -0.2) is 48.0 Å². The number of aromatic nitrogens is 6. The highest BCUT2D eigenvalue weighted by atomic mass is 16.2. The predicted octanol–water partition coefficient (Wildman–Crippen LogP) is 2.25. The molecule has 0 aliphatic carbocycles. The van der Waals surface area contributed by atoms with Gasteiger partial charge in [-0.3, -0.25) is 9.78 Å². The van der Waals surface area contributed by atoms with Gasteiger partial charge in [-0.25, -0.2) is 14.5 Å². The standard InChI is InChI=1S/C22H24N8O/c1-14-5-4-7-16(27-14)21-20(15-8-9-19-25-13-26-30(19)12-15)28-18(29-21)11-24-22(31)17-6-2-3-10-23-17/h4-5,7-9,12-13,17,23H,2-3,6,10-11H2,1H3,(H,24,31)(H,28,29)/t17-/m1/s1. The van der Waals surface area contributed by atoms with Crippen LogP contribution in [0, 0.1) is 6.92 Å². The molecule has 158 valence electrons. The van der Waals surface area contributed by atoms with Crippen LogP contribution in [0.5, 0.6) is 0 Å². The number of pyridine rings is 2. The van der Waals surface area contributed by atoms with Crippen molar-refractivity contribution in [1.29, 1.82) is 0 Å². The molecule has 1 saturated heterocycles. The Kier molecular flexibility index (Phi) is 5.17. The number of fused-ring (bicyclic) bond motifs is 1. The molecule has 31 heavy (non-hydrogen) atoms. The largest absolute Gasteiger partial charge is 0.348 e. The van der Waals surface area contributed by atoms with Crippen LogP contribution in [-0.2, 0) is 11.3 Å². The fraction of sp³-hybridized carbons (Fsp3) is 0.318. The Morgan fingerprint density at radius 2 is 2.16 bits per heavy atom. The van der Waals surface area contributed by atoms with E-state index in [2.05, 4.69) is 30.7 Å². The Labute approximate surface area is 179 Å². The van der Waals surface area contributed by atoms with Crippen molar-refractivity contribution in [3.8, 4) is 22.6 Å². The zero-order valence-electron chi connectivity index (χ0n) is 17.3. The number of hydrogen-bond donors (Lipinski definition) is 3. The lowest BCUT2D eigenvalue weighted by atomic mass is 10.0. The van der Waals surface area contributed by atoms with E-state index in [1.165, 1.54) is 6.33 Å². The lowest BCUT2D eigenvalue weighted by Gasteiger charge is -2.22. The van der Waals surface area contributed by atoms with Gasteiger partial charge in [-0.05, 0) is 50.6 Å². The van der Waals surface area contributed by atoms with E-state index in [4.69, 9.17) is 4.98 Å². The molecule has 4 aromatic rings. The Morgan fingerprint density at radius 3 is 3.00 bits per heavy atom. The summed E-state index contributed by atoms with van der Waals surface area (Å²) >= 11 is 0. The molecule has 0 aromatic carbocycles. The number of carbonyl (C=O) groups excluding carboxylic acids is 1. The topological polar surface area (TPSA) is 113 Å². The summed E-state index contributed by atoms with van der Waals surface area (Å²) in [7, 11) is 0. The van der Waals surface area contributed by atoms with Gasteiger partial charge in [-0.1, -0.05) is 12.5 Å². The first-order valence-corrected chi connectivity index (χ1v) is 10.5. The molecule has 1 atom stereocenters. The van der Waals surface area contributed by atoms with Gasteiger partial charge in [-0.15, -0.1) is 0 Å². The molecule has 9 nitrogen and oxygen atoms in total. The van der Waals surface area contributed by atoms with E-state index in [9.17, 15) is 4.79 Å². The molecule has 0 spiro atoms. The molecule has 0 radical (unpaired) electrons. The summed E-state index contributed by atoms with van der Waals surface area (Å²) in [6.07, 6.45) is 6.48. The zero-order valence-corrected chi connectivity index (χ0v) is 17.3. The van der Waals surface area contributed by atoms with Crippen LogP contribution in [0.2, 0.25) is 0 Å². The van der Waals surface area contributed by atoms with E-state index in [-0.39, 0.29) is 11.9 Å². The summed E-state index contributed by atoms with van der Waals surface area (Å²) in [5, 5.41) is 10.5. The molecule has 1 amide bonds. The predicted molar refractivity (Wildman–Crippen MR) is 116 cm³/mol. The normalized spacial score (nSPS) is 16.5. The monoisotopic (exact) mass is 416 g/mol. The summed E-state index contributed by atoms with van der Waals surface area (Å²) in [6.45, 7) is 3.16. The van der Waals surface area contributed by atoms with Gasteiger partial charge in [0.25, 0.3) is 0 Å². The summed E-state index contributed by atoms with van der Waals surface area (Å²) < 4.78 is 1.72. The van der Waals surface area contributed by atoms with Gasteiger partial charge < -0.3 is 15.6 Å². The maximum Gasteiger partial charge on any atom is 0.237 e. The van der Waals surface area contributed by atoms with Gasteiger partial charge in [0.15, 0.2) is 5.65 Å². The van der Waals surface area contributed by atoms with Gasteiger partial charge in [-0.2, -0.15) is 5.10 Å². The molecule has 4 aromatic heterocycles. The van der Waals surface area contributed by atoms with Gasteiger partial charge >= 0.3 is 0 Å². The number of nitrogens with one attached hydrogen (secondary N) is 3. The van der Waals surface area contributed by atoms with E-state index >= 15 is 0 Å². The van der Waals surface area contributed by atoms with Crippen LogP contribution in [0.25, 0.3) is 28.3 Å². The second-order valence-corrected chi connectivity index (χ2v) is 7.77. The lowest BCUT2D eigenvalue weighted by molar-refractivity contribution is -0.123. The van der Waals surface area contributed by atoms with Gasteiger partial charge in [0.1, 0.15) is 12.2 Å². The molecular formula is C22H24N8O. The van der Waals surface area contributed by atoms with Crippen LogP contribution in [0.1, 0.15) is 30.8 Å². The van der Waals surface area contributed by atoms with E-state index < -0.39 is 0 Å². The highest BCUT2D eigenvalue weighted by molar-refractivity contribution is 5.82. The van der Waals surface area contributed by atoms with E-state index in [0.717, 1.165) is 59.8 Å². The molecule has 5 rings (SSSR count). The lowest BCUT2D eigenvalue weighted by Crippen LogP contribution is -2.46. The number of imidazole rings is 1. The first-order valence-electron chi connectivity index (χ1n) is 10.5. The molecule has 1 fully saturated rings. The Hall–Kier alpha value is -3.59. The third kappa shape index (κ3) is 4.04. The first kappa shape index (κ1) is 19.4. The number of rotatable bonds is 5. The number of piperidine rings is 1. The zero-order chi connectivity index (χ0) is 21.2. The third-order valence-corrected chi connectivity index (χ3v) is 5.50. The van der Waals surface area contributed by atoms with Crippen molar-refractivity contribution in [2.45, 2.75) is 38.8 Å². The Morgan fingerprint density at radius 1 is 1.23 bits per heavy atom. The third-order valence-electron chi connectivity index (χ3n) is 5.50. The van der Waals surface area contributed by atoms with Gasteiger partial charge in [0, 0.05) is 17.5 Å². The van der Waals surface area contributed by atoms with E-state index in [1.807, 2.05) is 43.5 Å². The number of aromatic amines is 1. The molecule has 1 aliphatic heterocycles. The van der Waals surface area contributed by atoms with Crippen molar-refractivity contribution < 1.29 is 4.79 Å². The number of carbonyl (C=O) groups is 1. The van der Waals surface area contributed by atoms with Crippen LogP contribution in [0.4, 0.5) is 0 Å². The first-order chi connectivity index (χ1) is 15.2. The van der Waals surface area contributed by atoms with Crippen molar-refractivity contribution in [3.63, 3.8) is 0 Å². The Balaban J connectivity index is 1.46. The molecular weight excluding hydrogens is 392 g/mol. The maximum atomic E-state index is 12.5. The molecule has 3 N–H and O–H groups in total. The highest BCUT2D eigenvalue weighted by Gasteiger charge is 2.21. The average molecular weight is 416 g/mol. The molecule has 0 bridgehead atoms. The minimum Gasteiger partial charge on any atom is -0.348 e.